The predicted octanol–water partition coefficient (Wildman–Crippen LogP) is 4.14. The van der Waals surface area contributed by atoms with Crippen LogP contribution in [0.3, 0.4) is 0 Å². The molecule has 2 atom stereocenters. The maximum Gasteiger partial charge on any atom is 0.0320 e. The zero-order valence-corrected chi connectivity index (χ0v) is 14.7. The van der Waals surface area contributed by atoms with E-state index in [1.54, 1.807) is 0 Å². The van der Waals surface area contributed by atoms with E-state index in [0.717, 1.165) is 13.1 Å². The topological polar surface area (TPSA) is 29.3 Å². The van der Waals surface area contributed by atoms with Gasteiger partial charge in [-0.05, 0) is 55.3 Å². The lowest BCUT2D eigenvalue weighted by atomic mass is 9.86. The van der Waals surface area contributed by atoms with Gasteiger partial charge in [0.25, 0.3) is 0 Å². The van der Waals surface area contributed by atoms with Gasteiger partial charge in [0.05, 0.1) is 0 Å². The van der Waals surface area contributed by atoms with E-state index < -0.39 is 0 Å². The zero-order chi connectivity index (χ0) is 14.8. The van der Waals surface area contributed by atoms with E-state index in [1.165, 1.54) is 30.5 Å². The van der Waals surface area contributed by atoms with E-state index in [-0.39, 0.29) is 17.8 Å². The summed E-state index contributed by atoms with van der Waals surface area (Å²) in [6.45, 7) is 12.3. The van der Waals surface area contributed by atoms with Crippen LogP contribution >= 0.6 is 12.4 Å². The molecule has 0 aliphatic carbocycles. The van der Waals surface area contributed by atoms with E-state index in [0.29, 0.717) is 12.0 Å². The van der Waals surface area contributed by atoms with E-state index in [2.05, 4.69) is 56.9 Å². The first-order chi connectivity index (χ1) is 9.41. The van der Waals surface area contributed by atoms with Crippen molar-refractivity contribution in [3.63, 3.8) is 0 Å². The van der Waals surface area contributed by atoms with Crippen LogP contribution in [-0.4, -0.2) is 24.5 Å². The number of likely N-dealkylation sites (tertiary alicyclic amines) is 1. The monoisotopic (exact) mass is 310 g/mol. The van der Waals surface area contributed by atoms with Crippen LogP contribution in [0.2, 0.25) is 0 Å². The molecule has 1 aliphatic rings. The normalized spacial score (nSPS) is 21.7. The number of piperidine rings is 1. The van der Waals surface area contributed by atoms with Crippen molar-refractivity contribution >= 4 is 12.4 Å². The van der Waals surface area contributed by atoms with Crippen LogP contribution in [0.5, 0.6) is 0 Å². The lowest BCUT2D eigenvalue weighted by Crippen LogP contribution is -2.39. The fourth-order valence-corrected chi connectivity index (χ4v) is 3.11. The van der Waals surface area contributed by atoms with Crippen molar-refractivity contribution in [2.75, 3.05) is 19.6 Å². The molecule has 1 saturated heterocycles. The summed E-state index contributed by atoms with van der Waals surface area (Å²) in [6.07, 6.45) is 2.58. The summed E-state index contributed by atoms with van der Waals surface area (Å²) < 4.78 is 0. The minimum Gasteiger partial charge on any atom is -0.330 e. The highest BCUT2D eigenvalue weighted by Crippen LogP contribution is 2.28. The van der Waals surface area contributed by atoms with Crippen molar-refractivity contribution in [3.05, 3.63) is 35.4 Å². The Labute approximate surface area is 136 Å². The maximum absolute atomic E-state index is 5.85. The number of benzene rings is 1. The zero-order valence-electron chi connectivity index (χ0n) is 13.9. The summed E-state index contributed by atoms with van der Waals surface area (Å²) in [5.41, 5.74) is 8.91. The number of nitrogens with zero attached hydrogens (tertiary/aromatic N) is 1. The van der Waals surface area contributed by atoms with E-state index in [4.69, 9.17) is 5.73 Å². The average molecular weight is 311 g/mol. The maximum atomic E-state index is 5.85. The molecule has 2 nitrogen and oxygen atoms in total. The fraction of sp³-hybridized carbons (Fsp3) is 0.667. The molecular weight excluding hydrogens is 280 g/mol. The first kappa shape index (κ1) is 18.5. The Morgan fingerprint density at radius 1 is 1.24 bits per heavy atom. The summed E-state index contributed by atoms with van der Waals surface area (Å²) in [4.78, 5) is 2.59. The van der Waals surface area contributed by atoms with Crippen LogP contribution in [0.25, 0.3) is 0 Å². The van der Waals surface area contributed by atoms with Gasteiger partial charge in [-0.15, -0.1) is 12.4 Å². The van der Waals surface area contributed by atoms with Gasteiger partial charge in [-0.25, -0.2) is 0 Å². The summed E-state index contributed by atoms with van der Waals surface area (Å²) in [5, 5.41) is 0. The highest BCUT2D eigenvalue weighted by molar-refractivity contribution is 5.85. The molecule has 1 aromatic rings. The minimum absolute atomic E-state index is 0. The molecule has 2 unspecified atom stereocenters. The predicted molar refractivity (Wildman–Crippen MR) is 94.2 cm³/mol. The van der Waals surface area contributed by atoms with Gasteiger partial charge in [0.1, 0.15) is 0 Å². The molecule has 0 amide bonds. The third-order valence-electron chi connectivity index (χ3n) is 4.69. The molecule has 21 heavy (non-hydrogen) atoms. The highest BCUT2D eigenvalue weighted by Gasteiger charge is 2.23. The van der Waals surface area contributed by atoms with Crippen molar-refractivity contribution in [3.8, 4) is 0 Å². The second kappa shape index (κ2) is 7.62. The SMILES string of the molecule is CC(c1ccc(C(C)(C)C)cc1)N1CCCC(CN)C1.Cl. The Morgan fingerprint density at radius 3 is 2.38 bits per heavy atom. The van der Waals surface area contributed by atoms with Crippen molar-refractivity contribution in [2.24, 2.45) is 11.7 Å². The van der Waals surface area contributed by atoms with Crippen LogP contribution < -0.4 is 5.73 Å². The molecular formula is C18H31ClN2. The first-order valence-electron chi connectivity index (χ1n) is 7.96. The molecule has 120 valence electrons. The molecule has 0 saturated carbocycles. The van der Waals surface area contributed by atoms with Crippen LogP contribution in [0.4, 0.5) is 0 Å². The van der Waals surface area contributed by atoms with Crippen LogP contribution in [-0.2, 0) is 5.41 Å². The van der Waals surface area contributed by atoms with Crippen molar-refractivity contribution in [1.82, 2.24) is 4.90 Å². The third-order valence-corrected chi connectivity index (χ3v) is 4.69. The lowest BCUT2D eigenvalue weighted by Gasteiger charge is -2.36. The number of rotatable bonds is 3. The minimum atomic E-state index is 0. The summed E-state index contributed by atoms with van der Waals surface area (Å²) >= 11 is 0. The van der Waals surface area contributed by atoms with Gasteiger partial charge in [-0.2, -0.15) is 0 Å². The third kappa shape index (κ3) is 4.70. The Morgan fingerprint density at radius 2 is 1.86 bits per heavy atom. The molecule has 0 radical (unpaired) electrons. The summed E-state index contributed by atoms with van der Waals surface area (Å²) in [7, 11) is 0. The molecule has 1 fully saturated rings. The molecule has 0 spiro atoms. The highest BCUT2D eigenvalue weighted by atomic mass is 35.5. The molecule has 3 heteroatoms. The first-order valence-corrected chi connectivity index (χ1v) is 7.96. The Kier molecular flexibility index (Phi) is 6.71. The van der Waals surface area contributed by atoms with E-state index in [1.807, 2.05) is 0 Å². The Balaban J connectivity index is 0.00000220. The Bertz CT molecular complexity index is 422. The summed E-state index contributed by atoms with van der Waals surface area (Å²) in [6, 6.07) is 9.68. The van der Waals surface area contributed by atoms with Crippen LogP contribution in [0, 0.1) is 5.92 Å². The van der Waals surface area contributed by atoms with Crippen molar-refractivity contribution < 1.29 is 0 Å². The number of halogens is 1. The van der Waals surface area contributed by atoms with Gasteiger partial charge in [-0.3, -0.25) is 4.90 Å². The number of nitrogens with two attached hydrogens (primary N) is 1. The molecule has 1 aromatic carbocycles. The van der Waals surface area contributed by atoms with Crippen molar-refractivity contribution in [2.45, 2.75) is 52.0 Å². The summed E-state index contributed by atoms with van der Waals surface area (Å²) in [5.74, 6) is 0.681. The average Bonchev–Trinajstić information content (AvgIpc) is 2.46. The number of hydrogen-bond acceptors (Lipinski definition) is 2. The molecule has 1 aliphatic heterocycles. The van der Waals surface area contributed by atoms with Crippen molar-refractivity contribution in [1.29, 1.82) is 0 Å². The lowest BCUT2D eigenvalue weighted by molar-refractivity contribution is 0.134. The van der Waals surface area contributed by atoms with Gasteiger partial charge in [0, 0.05) is 12.6 Å². The standard InChI is InChI=1S/C18H30N2.ClH/c1-14(20-11-5-6-15(12-19)13-20)16-7-9-17(10-8-16)18(2,3)4;/h7-10,14-15H,5-6,11-13,19H2,1-4H3;1H. The van der Waals surface area contributed by atoms with Gasteiger partial charge >= 0.3 is 0 Å². The fourth-order valence-electron chi connectivity index (χ4n) is 3.11. The van der Waals surface area contributed by atoms with Crippen LogP contribution in [0.15, 0.2) is 24.3 Å². The van der Waals surface area contributed by atoms with E-state index >= 15 is 0 Å². The molecule has 2 rings (SSSR count). The van der Waals surface area contributed by atoms with Crippen LogP contribution in [0.1, 0.15) is 57.7 Å². The second-order valence-electron chi connectivity index (χ2n) is 7.29. The molecule has 0 aromatic heterocycles. The van der Waals surface area contributed by atoms with Gasteiger partial charge < -0.3 is 5.73 Å². The quantitative estimate of drug-likeness (QED) is 0.909. The molecule has 2 N–H and O–H groups in total. The smallest absolute Gasteiger partial charge is 0.0320 e. The van der Waals surface area contributed by atoms with E-state index in [9.17, 15) is 0 Å². The second-order valence-corrected chi connectivity index (χ2v) is 7.29. The Hall–Kier alpha value is -0.570. The molecule has 1 heterocycles. The molecule has 0 bridgehead atoms. The van der Waals surface area contributed by atoms with Gasteiger partial charge in [-0.1, -0.05) is 45.0 Å². The van der Waals surface area contributed by atoms with Gasteiger partial charge in [0.2, 0.25) is 0 Å². The number of hydrogen-bond donors (Lipinski definition) is 1. The van der Waals surface area contributed by atoms with Gasteiger partial charge in [0.15, 0.2) is 0 Å². The largest absolute Gasteiger partial charge is 0.330 e.